The second kappa shape index (κ2) is 8.72. The van der Waals surface area contributed by atoms with E-state index in [-0.39, 0.29) is 36.2 Å². The van der Waals surface area contributed by atoms with Crippen molar-refractivity contribution in [2.75, 3.05) is 20.1 Å². The molecule has 0 radical (unpaired) electrons. The molecule has 3 aliphatic rings. The molecule has 0 aromatic carbocycles. The van der Waals surface area contributed by atoms with Gasteiger partial charge in [0, 0.05) is 30.4 Å². The van der Waals surface area contributed by atoms with Crippen molar-refractivity contribution < 1.29 is 14.0 Å². The Balaban J connectivity index is 1.46. The molecule has 0 aromatic rings. The Morgan fingerprint density at radius 2 is 1.81 bits per heavy atom. The summed E-state index contributed by atoms with van der Waals surface area (Å²) in [4.78, 5) is 27.2. The van der Waals surface area contributed by atoms with Gasteiger partial charge < -0.3 is 5.32 Å². The third-order valence-corrected chi connectivity index (χ3v) is 7.02. The lowest BCUT2D eigenvalue weighted by molar-refractivity contribution is -0.129. The second-order valence-electron chi connectivity index (χ2n) is 7.92. The van der Waals surface area contributed by atoms with Gasteiger partial charge in [-0.25, -0.2) is 4.39 Å². The average molecular weight is 408 g/mol. The number of hydrogen-bond donors (Lipinski definition) is 2. The zero-order valence-electron chi connectivity index (χ0n) is 15.1. The van der Waals surface area contributed by atoms with E-state index in [1.807, 2.05) is 7.05 Å². The van der Waals surface area contributed by atoms with E-state index in [0.717, 1.165) is 38.8 Å². The number of ketones is 1. The molecule has 0 aromatic heterocycles. The number of likely N-dealkylation sites (N-methyl/N-ethyl adjacent to an activating group) is 1. The van der Waals surface area contributed by atoms with E-state index in [0.29, 0.717) is 6.42 Å². The highest BCUT2D eigenvalue weighted by atomic mass is 35.5. The first-order valence-corrected chi connectivity index (χ1v) is 10.4. The highest BCUT2D eigenvalue weighted by Gasteiger charge is 2.40. The topological polar surface area (TPSA) is 61.4 Å². The molecule has 2 aliphatic carbocycles. The summed E-state index contributed by atoms with van der Waals surface area (Å²) in [6.07, 6.45) is 2.14. The molecule has 5 unspecified atom stereocenters. The standard InChI is InChI=1S/C18H28Cl2FN3O2/c1-24-7-6-22-17(24)16(25)10-2-4-11(5-3-10)23-18(26)12-8-15(21)14(20)9-13(12)19/h10-15,17,22H,2-9H2,1H3,(H,23,26). The first-order chi connectivity index (χ1) is 12.4. The molecule has 5 nitrogen and oxygen atoms in total. The van der Waals surface area contributed by atoms with Crippen LogP contribution in [0.1, 0.15) is 38.5 Å². The largest absolute Gasteiger partial charge is 0.353 e. The van der Waals surface area contributed by atoms with Gasteiger partial charge in [-0.3, -0.25) is 19.8 Å². The Labute approximate surface area is 164 Å². The molecule has 0 bridgehead atoms. The smallest absolute Gasteiger partial charge is 0.224 e. The monoisotopic (exact) mass is 407 g/mol. The van der Waals surface area contributed by atoms with Crippen molar-refractivity contribution in [1.82, 2.24) is 15.5 Å². The molecule has 3 fully saturated rings. The predicted octanol–water partition coefficient (Wildman–Crippen LogP) is 2.05. The number of rotatable bonds is 4. The average Bonchev–Trinajstić information content (AvgIpc) is 3.04. The van der Waals surface area contributed by atoms with Crippen LogP contribution in [-0.4, -0.2) is 65.9 Å². The number of nitrogens with zero attached hydrogens (tertiary/aromatic N) is 1. The van der Waals surface area contributed by atoms with E-state index in [4.69, 9.17) is 23.2 Å². The molecule has 0 spiro atoms. The SMILES string of the molecule is CN1CCNC1C(=O)C1CCC(NC(=O)C2CC(F)C(Cl)CC2Cl)CC1. The van der Waals surface area contributed by atoms with Gasteiger partial charge in [-0.1, -0.05) is 0 Å². The fraction of sp³-hybridized carbons (Fsp3) is 0.889. The Morgan fingerprint density at radius 3 is 2.42 bits per heavy atom. The summed E-state index contributed by atoms with van der Waals surface area (Å²) in [6.45, 7) is 1.74. The Hall–Kier alpha value is -0.430. The number of carbonyl (C=O) groups excluding carboxylic acids is 2. The van der Waals surface area contributed by atoms with Crippen molar-refractivity contribution in [3.05, 3.63) is 0 Å². The molecule has 2 N–H and O–H groups in total. The lowest BCUT2D eigenvalue weighted by atomic mass is 9.81. The van der Waals surface area contributed by atoms with Crippen molar-refractivity contribution in [2.45, 2.75) is 67.7 Å². The minimum absolute atomic E-state index is 0.0384. The van der Waals surface area contributed by atoms with E-state index in [1.54, 1.807) is 0 Å². The number of hydrogen-bond acceptors (Lipinski definition) is 4. The van der Waals surface area contributed by atoms with Crippen LogP contribution in [0.3, 0.4) is 0 Å². The maximum atomic E-state index is 13.8. The van der Waals surface area contributed by atoms with E-state index in [1.165, 1.54) is 0 Å². The number of Topliss-reactive ketones (excluding diaryl/α,β-unsaturated/α-hetero) is 1. The number of alkyl halides is 3. The van der Waals surface area contributed by atoms with Gasteiger partial charge in [0.1, 0.15) is 12.3 Å². The number of nitrogens with one attached hydrogen (secondary N) is 2. The molecule has 2 saturated carbocycles. The van der Waals surface area contributed by atoms with Gasteiger partial charge >= 0.3 is 0 Å². The Morgan fingerprint density at radius 1 is 1.12 bits per heavy atom. The number of carbonyl (C=O) groups is 2. The maximum Gasteiger partial charge on any atom is 0.224 e. The first kappa shape index (κ1) is 20.3. The van der Waals surface area contributed by atoms with Crippen molar-refractivity contribution in [2.24, 2.45) is 11.8 Å². The van der Waals surface area contributed by atoms with Crippen LogP contribution < -0.4 is 10.6 Å². The van der Waals surface area contributed by atoms with Crippen LogP contribution in [0, 0.1) is 11.8 Å². The molecular weight excluding hydrogens is 380 g/mol. The first-order valence-electron chi connectivity index (χ1n) is 9.56. The fourth-order valence-corrected chi connectivity index (χ4v) is 5.17. The van der Waals surface area contributed by atoms with Crippen LogP contribution in [0.2, 0.25) is 0 Å². The van der Waals surface area contributed by atoms with Crippen LogP contribution in [-0.2, 0) is 9.59 Å². The molecule has 148 valence electrons. The molecule has 1 heterocycles. The second-order valence-corrected chi connectivity index (χ2v) is 9.04. The summed E-state index contributed by atoms with van der Waals surface area (Å²) in [5.74, 6) is -0.402. The fourth-order valence-electron chi connectivity index (χ4n) is 4.37. The number of halogens is 3. The molecule has 1 amide bonds. The Kier molecular flexibility index (Phi) is 6.81. The van der Waals surface area contributed by atoms with E-state index in [2.05, 4.69) is 15.5 Å². The summed E-state index contributed by atoms with van der Waals surface area (Å²) < 4.78 is 13.8. The number of amides is 1. The quantitative estimate of drug-likeness (QED) is 0.700. The van der Waals surface area contributed by atoms with E-state index in [9.17, 15) is 14.0 Å². The minimum atomic E-state index is -1.19. The maximum absolute atomic E-state index is 13.8. The lowest BCUT2D eigenvalue weighted by Gasteiger charge is -2.34. The lowest BCUT2D eigenvalue weighted by Crippen LogP contribution is -2.49. The highest BCUT2D eigenvalue weighted by Crippen LogP contribution is 2.34. The van der Waals surface area contributed by atoms with Crippen LogP contribution in [0.15, 0.2) is 0 Å². The van der Waals surface area contributed by atoms with Crippen molar-refractivity contribution in [3.63, 3.8) is 0 Å². The van der Waals surface area contributed by atoms with Gasteiger partial charge in [0.25, 0.3) is 0 Å². The van der Waals surface area contributed by atoms with Crippen molar-refractivity contribution >= 4 is 34.9 Å². The van der Waals surface area contributed by atoms with Crippen LogP contribution >= 0.6 is 23.2 Å². The van der Waals surface area contributed by atoms with Gasteiger partial charge in [0.2, 0.25) is 5.91 Å². The van der Waals surface area contributed by atoms with Crippen molar-refractivity contribution in [3.8, 4) is 0 Å². The predicted molar refractivity (Wildman–Crippen MR) is 100 cm³/mol. The molecule has 3 rings (SSSR count). The van der Waals surface area contributed by atoms with Gasteiger partial charge in [0.05, 0.1) is 11.3 Å². The summed E-state index contributed by atoms with van der Waals surface area (Å²) in [7, 11) is 1.96. The molecule has 1 aliphatic heterocycles. The summed E-state index contributed by atoms with van der Waals surface area (Å²) in [5, 5.41) is 5.24. The molecule has 5 atom stereocenters. The minimum Gasteiger partial charge on any atom is -0.353 e. The van der Waals surface area contributed by atoms with Crippen LogP contribution in [0.5, 0.6) is 0 Å². The Bertz CT molecular complexity index is 531. The molecule has 8 heteroatoms. The van der Waals surface area contributed by atoms with E-state index < -0.39 is 22.8 Å². The normalized spacial score (nSPS) is 41.8. The molecule has 1 saturated heterocycles. The van der Waals surface area contributed by atoms with Gasteiger partial charge in [-0.05, 0) is 45.6 Å². The van der Waals surface area contributed by atoms with Crippen LogP contribution in [0.25, 0.3) is 0 Å². The van der Waals surface area contributed by atoms with E-state index >= 15 is 0 Å². The third-order valence-electron chi connectivity index (χ3n) is 6.08. The molecular formula is C18H28Cl2FN3O2. The zero-order valence-corrected chi connectivity index (χ0v) is 16.6. The summed E-state index contributed by atoms with van der Waals surface area (Å²) in [6, 6.07) is 0.0384. The van der Waals surface area contributed by atoms with Gasteiger partial charge in [-0.2, -0.15) is 0 Å². The summed E-state index contributed by atoms with van der Waals surface area (Å²) in [5.41, 5.74) is 0. The van der Waals surface area contributed by atoms with Crippen LogP contribution in [0.4, 0.5) is 4.39 Å². The molecule has 26 heavy (non-hydrogen) atoms. The zero-order chi connectivity index (χ0) is 18.8. The van der Waals surface area contributed by atoms with Crippen molar-refractivity contribution in [1.29, 1.82) is 0 Å². The third kappa shape index (κ3) is 4.51. The summed E-state index contributed by atoms with van der Waals surface area (Å²) >= 11 is 12.1. The van der Waals surface area contributed by atoms with Gasteiger partial charge in [-0.15, -0.1) is 23.2 Å². The van der Waals surface area contributed by atoms with Gasteiger partial charge in [0.15, 0.2) is 5.78 Å². The highest BCUT2D eigenvalue weighted by molar-refractivity contribution is 6.25.